The Morgan fingerprint density at radius 3 is 2.48 bits per heavy atom. The largest absolute Gasteiger partial charge is 0.497 e. The highest BCUT2D eigenvalue weighted by atomic mass is 127. The van der Waals surface area contributed by atoms with Crippen molar-refractivity contribution < 1.29 is 14.0 Å². The van der Waals surface area contributed by atoms with Gasteiger partial charge in [-0.15, -0.1) is 24.0 Å². The van der Waals surface area contributed by atoms with Crippen molar-refractivity contribution in [2.45, 2.75) is 32.6 Å². The monoisotopic (exact) mass is 514 g/mol. The molecule has 1 aromatic heterocycles. The van der Waals surface area contributed by atoms with Crippen molar-refractivity contribution in [3.8, 4) is 11.5 Å². The molecule has 2 heterocycles. The van der Waals surface area contributed by atoms with E-state index in [9.17, 15) is 0 Å². The van der Waals surface area contributed by atoms with Gasteiger partial charge in [-0.25, -0.2) is 0 Å². The number of rotatable bonds is 6. The van der Waals surface area contributed by atoms with Crippen molar-refractivity contribution in [1.82, 2.24) is 15.4 Å². The summed E-state index contributed by atoms with van der Waals surface area (Å²) in [5, 5.41) is 7.50. The number of likely N-dealkylation sites (tertiary alicyclic amines) is 1. The van der Waals surface area contributed by atoms with Gasteiger partial charge < -0.3 is 24.2 Å². The predicted octanol–water partition coefficient (Wildman–Crippen LogP) is 3.53. The minimum Gasteiger partial charge on any atom is -0.497 e. The van der Waals surface area contributed by atoms with E-state index >= 15 is 0 Å². The first kappa shape index (κ1) is 23.3. The third-order valence-electron chi connectivity index (χ3n) is 5.38. The fraction of sp³-hybridized carbons (Fsp3) is 0.524. The summed E-state index contributed by atoms with van der Waals surface area (Å²) in [5.41, 5.74) is 3.37. The molecule has 7 nitrogen and oxygen atoms in total. The molecule has 1 N–H and O–H groups in total. The van der Waals surface area contributed by atoms with E-state index in [1.165, 1.54) is 11.1 Å². The van der Waals surface area contributed by atoms with E-state index in [0.29, 0.717) is 5.92 Å². The number of nitrogens with zero attached hydrogens (tertiary/aromatic N) is 3. The van der Waals surface area contributed by atoms with Crippen LogP contribution in [0.4, 0.5) is 0 Å². The van der Waals surface area contributed by atoms with E-state index < -0.39 is 0 Å². The van der Waals surface area contributed by atoms with Gasteiger partial charge in [-0.3, -0.25) is 4.99 Å². The molecule has 0 radical (unpaired) electrons. The quantitative estimate of drug-likeness (QED) is 0.362. The minimum atomic E-state index is 0. The first-order valence-electron chi connectivity index (χ1n) is 9.66. The van der Waals surface area contributed by atoms with Crippen LogP contribution in [0, 0.1) is 13.8 Å². The number of aromatic nitrogens is 1. The lowest BCUT2D eigenvalue weighted by Crippen LogP contribution is -2.40. The number of hydrogen-bond donors (Lipinski definition) is 1. The van der Waals surface area contributed by atoms with Gasteiger partial charge in [-0.1, -0.05) is 5.16 Å². The summed E-state index contributed by atoms with van der Waals surface area (Å²) in [7, 11) is 5.20. The molecule has 0 bridgehead atoms. The van der Waals surface area contributed by atoms with Crippen molar-refractivity contribution in [2.24, 2.45) is 4.99 Å². The van der Waals surface area contributed by atoms with Gasteiger partial charge in [0.25, 0.3) is 0 Å². The van der Waals surface area contributed by atoms with Crippen LogP contribution < -0.4 is 14.8 Å². The standard InChI is InChI=1S/C21H30N4O3.HI/c1-14-20(15(2)28-24-14)6-8-23-21(22-3)25-9-7-16(13-25)17-10-18(26-4)12-19(11-17)27-5;/h10-12,16H,6-9,13H2,1-5H3,(H,22,23);1H. The molecule has 1 aliphatic heterocycles. The molecule has 29 heavy (non-hydrogen) atoms. The lowest BCUT2D eigenvalue weighted by molar-refractivity contribution is 0.392. The van der Waals surface area contributed by atoms with Gasteiger partial charge in [0.2, 0.25) is 0 Å². The smallest absolute Gasteiger partial charge is 0.193 e. The van der Waals surface area contributed by atoms with Crippen LogP contribution in [0.15, 0.2) is 27.7 Å². The first-order valence-corrected chi connectivity index (χ1v) is 9.66. The molecule has 2 aromatic rings. The number of halogens is 1. The SMILES string of the molecule is CN=C(NCCc1c(C)noc1C)N1CCC(c2cc(OC)cc(OC)c2)C1.I. The van der Waals surface area contributed by atoms with E-state index in [-0.39, 0.29) is 24.0 Å². The van der Waals surface area contributed by atoms with E-state index in [2.05, 4.69) is 32.5 Å². The molecule has 1 fully saturated rings. The van der Waals surface area contributed by atoms with Crippen molar-refractivity contribution in [2.75, 3.05) is 40.9 Å². The molecule has 0 spiro atoms. The van der Waals surface area contributed by atoms with Crippen LogP contribution in [-0.2, 0) is 6.42 Å². The molecule has 1 aromatic carbocycles. The summed E-state index contributed by atoms with van der Waals surface area (Å²) in [5.74, 6) is 3.90. The minimum absolute atomic E-state index is 0. The molecule has 160 valence electrons. The van der Waals surface area contributed by atoms with Crippen LogP contribution in [0.5, 0.6) is 11.5 Å². The molecular formula is C21H31IN4O3. The highest BCUT2D eigenvalue weighted by molar-refractivity contribution is 14.0. The summed E-state index contributed by atoms with van der Waals surface area (Å²) in [6.45, 7) is 6.62. The van der Waals surface area contributed by atoms with Crippen molar-refractivity contribution in [3.63, 3.8) is 0 Å². The van der Waals surface area contributed by atoms with E-state index in [1.54, 1.807) is 14.2 Å². The molecule has 1 atom stereocenters. The maximum Gasteiger partial charge on any atom is 0.193 e. The Morgan fingerprint density at radius 1 is 1.24 bits per heavy atom. The van der Waals surface area contributed by atoms with Gasteiger partial charge >= 0.3 is 0 Å². The molecule has 3 rings (SSSR count). The molecule has 1 saturated heterocycles. The second-order valence-corrected chi connectivity index (χ2v) is 7.10. The summed E-state index contributed by atoms with van der Waals surface area (Å²) < 4.78 is 16.1. The Hall–Kier alpha value is -1.97. The van der Waals surface area contributed by atoms with E-state index in [0.717, 1.165) is 61.4 Å². The Kier molecular flexibility index (Phi) is 8.60. The molecule has 0 amide bonds. The van der Waals surface area contributed by atoms with Gasteiger partial charge in [0.15, 0.2) is 5.96 Å². The van der Waals surface area contributed by atoms with Gasteiger partial charge in [0, 0.05) is 44.2 Å². The van der Waals surface area contributed by atoms with Crippen LogP contribution in [0.3, 0.4) is 0 Å². The Labute approximate surface area is 189 Å². The number of benzene rings is 1. The number of aliphatic imine (C=N–C) groups is 1. The van der Waals surface area contributed by atoms with Crippen molar-refractivity contribution >= 4 is 29.9 Å². The molecule has 1 unspecified atom stereocenters. The number of aryl methyl sites for hydroxylation is 2. The Morgan fingerprint density at radius 2 is 1.93 bits per heavy atom. The van der Waals surface area contributed by atoms with E-state index in [1.807, 2.05) is 27.0 Å². The van der Waals surface area contributed by atoms with Gasteiger partial charge in [-0.05, 0) is 44.4 Å². The molecule has 0 aliphatic carbocycles. The number of guanidine groups is 1. The number of nitrogens with one attached hydrogen (secondary N) is 1. The zero-order chi connectivity index (χ0) is 20.1. The van der Waals surface area contributed by atoms with Crippen LogP contribution >= 0.6 is 24.0 Å². The third-order valence-corrected chi connectivity index (χ3v) is 5.38. The Balaban J connectivity index is 0.00000300. The second-order valence-electron chi connectivity index (χ2n) is 7.10. The number of methoxy groups -OCH3 is 2. The van der Waals surface area contributed by atoms with Gasteiger partial charge in [0.1, 0.15) is 17.3 Å². The average Bonchev–Trinajstić information content (AvgIpc) is 3.32. The molecular weight excluding hydrogens is 483 g/mol. The zero-order valence-corrected chi connectivity index (χ0v) is 20.1. The summed E-state index contributed by atoms with van der Waals surface area (Å²) in [6.07, 6.45) is 1.94. The van der Waals surface area contributed by atoms with Gasteiger partial charge in [-0.2, -0.15) is 0 Å². The van der Waals surface area contributed by atoms with Crippen molar-refractivity contribution in [1.29, 1.82) is 0 Å². The fourth-order valence-electron chi connectivity index (χ4n) is 3.78. The van der Waals surface area contributed by atoms with Crippen LogP contribution in [-0.4, -0.2) is 56.9 Å². The van der Waals surface area contributed by atoms with E-state index in [4.69, 9.17) is 14.0 Å². The van der Waals surface area contributed by atoms with Crippen LogP contribution in [0.1, 0.15) is 34.9 Å². The molecule has 0 saturated carbocycles. The fourth-order valence-corrected chi connectivity index (χ4v) is 3.78. The second kappa shape index (κ2) is 10.7. The first-order chi connectivity index (χ1) is 13.5. The maximum atomic E-state index is 5.42. The molecule has 1 aliphatic rings. The number of hydrogen-bond acceptors (Lipinski definition) is 5. The topological polar surface area (TPSA) is 72.1 Å². The molecule has 8 heteroatoms. The maximum absolute atomic E-state index is 5.42. The highest BCUT2D eigenvalue weighted by Crippen LogP contribution is 2.32. The lowest BCUT2D eigenvalue weighted by Gasteiger charge is -2.22. The summed E-state index contributed by atoms with van der Waals surface area (Å²) >= 11 is 0. The summed E-state index contributed by atoms with van der Waals surface area (Å²) in [6, 6.07) is 6.11. The highest BCUT2D eigenvalue weighted by Gasteiger charge is 2.27. The van der Waals surface area contributed by atoms with Crippen LogP contribution in [0.2, 0.25) is 0 Å². The lowest BCUT2D eigenvalue weighted by atomic mass is 9.98. The number of ether oxygens (including phenoxy) is 2. The van der Waals surface area contributed by atoms with Crippen LogP contribution in [0.25, 0.3) is 0 Å². The Bertz CT molecular complexity index is 796. The zero-order valence-electron chi connectivity index (χ0n) is 17.8. The third kappa shape index (κ3) is 5.55. The van der Waals surface area contributed by atoms with Gasteiger partial charge in [0.05, 0.1) is 19.9 Å². The average molecular weight is 514 g/mol. The predicted molar refractivity (Wildman–Crippen MR) is 125 cm³/mol. The van der Waals surface area contributed by atoms with Crippen molar-refractivity contribution in [3.05, 3.63) is 40.8 Å². The normalized spacial score (nSPS) is 16.5. The summed E-state index contributed by atoms with van der Waals surface area (Å²) in [4.78, 5) is 6.78.